The number of pyridine rings is 1. The summed E-state index contributed by atoms with van der Waals surface area (Å²) in [6.45, 7) is 6.75. The SMILES string of the molecule is CC(C)(C)OC(=O)N(c1ccc([C@H]2CCCN2)cn1)C1CCC1. The third kappa shape index (κ3) is 3.83. The number of nitrogens with zero attached hydrogens (tertiary/aromatic N) is 2. The average Bonchev–Trinajstić information content (AvgIpc) is 2.95. The minimum atomic E-state index is -0.493. The molecule has 5 nitrogen and oxygen atoms in total. The fraction of sp³-hybridized carbons (Fsp3) is 0.667. The van der Waals surface area contributed by atoms with Crippen molar-refractivity contribution in [3.63, 3.8) is 0 Å². The van der Waals surface area contributed by atoms with Crippen molar-refractivity contribution in [3.8, 4) is 0 Å². The van der Waals surface area contributed by atoms with Crippen LogP contribution in [0.5, 0.6) is 0 Å². The van der Waals surface area contributed by atoms with Gasteiger partial charge in [-0.05, 0) is 71.0 Å². The Morgan fingerprint density at radius 1 is 1.26 bits per heavy atom. The van der Waals surface area contributed by atoms with E-state index in [0.717, 1.165) is 32.2 Å². The molecule has 0 radical (unpaired) electrons. The van der Waals surface area contributed by atoms with Gasteiger partial charge < -0.3 is 10.1 Å². The van der Waals surface area contributed by atoms with Gasteiger partial charge in [0.1, 0.15) is 11.4 Å². The molecule has 3 rings (SSSR count). The molecule has 2 heterocycles. The Kier molecular flexibility index (Phi) is 4.57. The summed E-state index contributed by atoms with van der Waals surface area (Å²) in [6, 6.07) is 4.65. The largest absolute Gasteiger partial charge is 0.443 e. The smallest absolute Gasteiger partial charge is 0.416 e. The van der Waals surface area contributed by atoms with Crippen LogP contribution in [0.25, 0.3) is 0 Å². The van der Waals surface area contributed by atoms with Crippen molar-refractivity contribution in [2.24, 2.45) is 0 Å². The predicted molar refractivity (Wildman–Crippen MR) is 90.6 cm³/mol. The predicted octanol–water partition coefficient (Wildman–Crippen LogP) is 3.80. The van der Waals surface area contributed by atoms with E-state index in [0.29, 0.717) is 11.9 Å². The maximum absolute atomic E-state index is 12.6. The molecule has 0 aromatic carbocycles. The highest BCUT2D eigenvalue weighted by Crippen LogP contribution is 2.31. The van der Waals surface area contributed by atoms with Gasteiger partial charge in [-0.25, -0.2) is 9.78 Å². The summed E-state index contributed by atoms with van der Waals surface area (Å²) in [6.07, 6.45) is 7.17. The van der Waals surface area contributed by atoms with E-state index in [2.05, 4.69) is 16.4 Å². The lowest BCUT2D eigenvalue weighted by Gasteiger charge is -2.37. The molecule has 1 aliphatic carbocycles. The topological polar surface area (TPSA) is 54.5 Å². The summed E-state index contributed by atoms with van der Waals surface area (Å²) in [7, 11) is 0. The molecular weight excluding hydrogens is 290 g/mol. The van der Waals surface area contributed by atoms with Crippen molar-refractivity contribution in [2.75, 3.05) is 11.4 Å². The summed E-state index contributed by atoms with van der Waals surface area (Å²) < 4.78 is 5.58. The summed E-state index contributed by atoms with van der Waals surface area (Å²) in [4.78, 5) is 18.9. The lowest BCUT2D eigenvalue weighted by atomic mass is 9.91. The lowest BCUT2D eigenvalue weighted by Crippen LogP contribution is -2.47. The summed E-state index contributed by atoms with van der Waals surface area (Å²) in [5.74, 6) is 0.700. The quantitative estimate of drug-likeness (QED) is 0.921. The molecule has 5 heteroatoms. The number of nitrogens with one attached hydrogen (secondary N) is 1. The van der Waals surface area contributed by atoms with Crippen LogP contribution in [0.1, 0.15) is 64.5 Å². The summed E-state index contributed by atoms with van der Waals surface area (Å²) in [5, 5.41) is 3.48. The van der Waals surface area contributed by atoms with Crippen LogP contribution in [0.15, 0.2) is 18.3 Å². The number of carbonyl (C=O) groups is 1. The zero-order valence-electron chi connectivity index (χ0n) is 14.3. The maximum Gasteiger partial charge on any atom is 0.416 e. The van der Waals surface area contributed by atoms with Gasteiger partial charge in [-0.3, -0.25) is 4.90 Å². The summed E-state index contributed by atoms with van der Waals surface area (Å²) in [5.41, 5.74) is 0.705. The van der Waals surface area contributed by atoms with E-state index in [1.54, 1.807) is 4.90 Å². The zero-order valence-corrected chi connectivity index (χ0v) is 14.3. The van der Waals surface area contributed by atoms with Gasteiger partial charge in [-0.1, -0.05) is 6.07 Å². The van der Waals surface area contributed by atoms with Gasteiger partial charge >= 0.3 is 6.09 Å². The van der Waals surface area contributed by atoms with Crippen molar-refractivity contribution in [2.45, 2.75) is 70.6 Å². The van der Waals surface area contributed by atoms with Crippen LogP contribution in [0.4, 0.5) is 10.6 Å². The number of carbonyl (C=O) groups excluding carboxylic acids is 1. The number of amides is 1. The molecule has 0 spiro atoms. The molecular formula is C18H27N3O2. The first-order valence-electron chi connectivity index (χ1n) is 8.65. The van der Waals surface area contributed by atoms with Gasteiger partial charge in [-0.2, -0.15) is 0 Å². The third-order valence-corrected chi connectivity index (χ3v) is 4.51. The molecule has 1 atom stereocenters. The molecule has 23 heavy (non-hydrogen) atoms. The Morgan fingerprint density at radius 3 is 2.52 bits per heavy atom. The number of ether oxygens (including phenoxy) is 1. The van der Waals surface area contributed by atoms with Gasteiger partial charge in [0.25, 0.3) is 0 Å². The van der Waals surface area contributed by atoms with Crippen LogP contribution in [0.2, 0.25) is 0 Å². The Balaban J connectivity index is 1.77. The second kappa shape index (κ2) is 6.48. The van der Waals surface area contributed by atoms with Gasteiger partial charge in [0, 0.05) is 18.3 Å². The molecule has 1 amide bonds. The Morgan fingerprint density at radius 2 is 2.04 bits per heavy atom. The number of hydrogen-bond acceptors (Lipinski definition) is 4. The van der Waals surface area contributed by atoms with E-state index < -0.39 is 5.60 Å². The van der Waals surface area contributed by atoms with Crippen molar-refractivity contribution < 1.29 is 9.53 Å². The number of aromatic nitrogens is 1. The van der Waals surface area contributed by atoms with Crippen molar-refractivity contribution in [1.82, 2.24) is 10.3 Å². The zero-order chi connectivity index (χ0) is 16.4. The molecule has 0 unspecified atom stereocenters. The van der Waals surface area contributed by atoms with E-state index in [4.69, 9.17) is 4.74 Å². The van der Waals surface area contributed by atoms with E-state index in [9.17, 15) is 4.79 Å². The van der Waals surface area contributed by atoms with Crippen molar-refractivity contribution >= 4 is 11.9 Å². The standard InChI is InChI=1S/C18H27N3O2/c1-18(2,3)23-17(22)21(14-6-4-7-14)16-10-9-13(12-20-16)15-8-5-11-19-15/h9-10,12,14-15,19H,4-8,11H2,1-3H3/t15-/m1/s1. The van der Waals surface area contributed by atoms with Crippen molar-refractivity contribution in [1.29, 1.82) is 0 Å². The molecule has 1 saturated heterocycles. The van der Waals surface area contributed by atoms with Crippen LogP contribution in [0.3, 0.4) is 0 Å². The molecule has 0 bridgehead atoms. The Bertz CT molecular complexity index is 540. The van der Waals surface area contributed by atoms with Crippen LogP contribution in [-0.4, -0.2) is 29.3 Å². The van der Waals surface area contributed by atoms with Crippen LogP contribution in [0, 0.1) is 0 Å². The first-order valence-corrected chi connectivity index (χ1v) is 8.65. The highest BCUT2D eigenvalue weighted by atomic mass is 16.6. The number of anilines is 1. The fourth-order valence-electron chi connectivity index (χ4n) is 3.10. The fourth-order valence-corrected chi connectivity index (χ4v) is 3.10. The van der Waals surface area contributed by atoms with Gasteiger partial charge in [0.2, 0.25) is 0 Å². The molecule has 1 saturated carbocycles. The molecule has 2 fully saturated rings. The molecule has 1 aromatic rings. The number of rotatable bonds is 3. The molecule has 1 aromatic heterocycles. The minimum absolute atomic E-state index is 0.216. The van der Waals surface area contributed by atoms with Gasteiger partial charge in [0.05, 0.1) is 0 Å². The van der Waals surface area contributed by atoms with E-state index >= 15 is 0 Å². The Hall–Kier alpha value is -1.62. The third-order valence-electron chi connectivity index (χ3n) is 4.51. The van der Waals surface area contributed by atoms with Crippen LogP contribution in [-0.2, 0) is 4.74 Å². The molecule has 1 N–H and O–H groups in total. The molecule has 2 aliphatic rings. The molecule has 126 valence electrons. The minimum Gasteiger partial charge on any atom is -0.443 e. The highest BCUT2D eigenvalue weighted by Gasteiger charge is 2.34. The first-order chi connectivity index (χ1) is 10.9. The van der Waals surface area contributed by atoms with Gasteiger partial charge in [0.15, 0.2) is 0 Å². The van der Waals surface area contributed by atoms with Gasteiger partial charge in [-0.15, -0.1) is 0 Å². The lowest BCUT2D eigenvalue weighted by molar-refractivity contribution is 0.0548. The van der Waals surface area contributed by atoms with E-state index in [1.165, 1.54) is 12.0 Å². The second-order valence-corrected chi connectivity index (χ2v) is 7.53. The summed E-state index contributed by atoms with van der Waals surface area (Å²) >= 11 is 0. The first kappa shape index (κ1) is 16.2. The van der Waals surface area contributed by atoms with Crippen molar-refractivity contribution in [3.05, 3.63) is 23.9 Å². The average molecular weight is 317 g/mol. The monoisotopic (exact) mass is 317 g/mol. The highest BCUT2D eigenvalue weighted by molar-refractivity contribution is 5.87. The number of hydrogen-bond donors (Lipinski definition) is 1. The normalized spacial score (nSPS) is 21.8. The van der Waals surface area contributed by atoms with Crippen LogP contribution >= 0.6 is 0 Å². The molecule has 1 aliphatic heterocycles. The van der Waals surface area contributed by atoms with E-state index in [-0.39, 0.29) is 12.1 Å². The van der Waals surface area contributed by atoms with Crippen LogP contribution < -0.4 is 10.2 Å². The Labute approximate surface area is 138 Å². The van der Waals surface area contributed by atoms with E-state index in [1.807, 2.05) is 33.0 Å². The maximum atomic E-state index is 12.6. The second-order valence-electron chi connectivity index (χ2n) is 7.53.